The van der Waals surface area contributed by atoms with E-state index in [9.17, 15) is 4.79 Å². The van der Waals surface area contributed by atoms with Gasteiger partial charge in [-0.15, -0.1) is 0 Å². The van der Waals surface area contributed by atoms with Gasteiger partial charge in [0.2, 0.25) is 0 Å². The quantitative estimate of drug-likeness (QED) is 0.719. The van der Waals surface area contributed by atoms with E-state index in [1.807, 2.05) is 18.2 Å². The van der Waals surface area contributed by atoms with Gasteiger partial charge < -0.3 is 0 Å². The summed E-state index contributed by atoms with van der Waals surface area (Å²) in [7, 11) is 0. The number of rotatable bonds is 2. The number of halogens is 2. The molecule has 16 heavy (non-hydrogen) atoms. The Morgan fingerprint density at radius 1 is 0.875 bits per heavy atom. The van der Waals surface area contributed by atoms with E-state index in [1.165, 1.54) is 0 Å². The number of carbonyl (C=O) groups is 1. The minimum absolute atomic E-state index is 0.526. The van der Waals surface area contributed by atoms with Crippen LogP contribution in [0.15, 0.2) is 42.5 Å². The van der Waals surface area contributed by atoms with Crippen molar-refractivity contribution in [2.24, 2.45) is 0 Å². The van der Waals surface area contributed by atoms with E-state index >= 15 is 0 Å². The Morgan fingerprint density at radius 2 is 1.56 bits per heavy atom. The van der Waals surface area contributed by atoms with Crippen molar-refractivity contribution in [2.75, 3.05) is 0 Å². The van der Waals surface area contributed by atoms with Gasteiger partial charge in [-0.2, -0.15) is 0 Å². The first-order chi connectivity index (χ1) is 7.74. The highest BCUT2D eigenvalue weighted by atomic mass is 35.5. The van der Waals surface area contributed by atoms with Crippen LogP contribution in [-0.2, 0) is 0 Å². The predicted molar refractivity (Wildman–Crippen MR) is 67.3 cm³/mol. The minimum Gasteiger partial charge on any atom is -0.298 e. The van der Waals surface area contributed by atoms with Crippen molar-refractivity contribution in [2.45, 2.75) is 0 Å². The highest BCUT2D eigenvalue weighted by molar-refractivity contribution is 6.37. The maximum Gasteiger partial charge on any atom is 0.150 e. The molecule has 0 unspecified atom stereocenters. The average Bonchev–Trinajstić information content (AvgIpc) is 2.30. The summed E-state index contributed by atoms with van der Waals surface area (Å²) in [6.07, 6.45) is 0.782. The van der Waals surface area contributed by atoms with Crippen LogP contribution in [0.3, 0.4) is 0 Å². The number of hydrogen-bond acceptors (Lipinski definition) is 1. The summed E-state index contributed by atoms with van der Waals surface area (Å²) in [4.78, 5) is 11.0. The zero-order chi connectivity index (χ0) is 11.5. The van der Waals surface area contributed by atoms with Gasteiger partial charge >= 0.3 is 0 Å². The monoisotopic (exact) mass is 250 g/mol. The maximum atomic E-state index is 11.0. The molecule has 0 fully saturated rings. The summed E-state index contributed by atoms with van der Waals surface area (Å²) in [6, 6.07) is 12.5. The third-order valence-corrected chi connectivity index (χ3v) is 2.96. The van der Waals surface area contributed by atoms with Crippen LogP contribution in [-0.4, -0.2) is 6.29 Å². The molecule has 0 aliphatic rings. The average molecular weight is 251 g/mol. The van der Waals surface area contributed by atoms with Crippen LogP contribution in [0.5, 0.6) is 0 Å². The lowest BCUT2D eigenvalue weighted by Gasteiger charge is -2.09. The van der Waals surface area contributed by atoms with Gasteiger partial charge in [-0.25, -0.2) is 0 Å². The Hall–Kier alpha value is -1.31. The Labute approximate surface area is 104 Å². The first kappa shape index (κ1) is 11.2. The van der Waals surface area contributed by atoms with E-state index in [4.69, 9.17) is 23.2 Å². The van der Waals surface area contributed by atoms with Crippen molar-refractivity contribution >= 4 is 29.5 Å². The van der Waals surface area contributed by atoms with Crippen LogP contribution in [0.2, 0.25) is 10.0 Å². The molecule has 0 spiro atoms. The fourth-order valence-electron chi connectivity index (χ4n) is 1.59. The van der Waals surface area contributed by atoms with Crippen molar-refractivity contribution in [3.05, 3.63) is 58.1 Å². The zero-order valence-electron chi connectivity index (χ0n) is 8.28. The molecule has 0 saturated heterocycles. The second kappa shape index (κ2) is 4.69. The van der Waals surface area contributed by atoms with E-state index < -0.39 is 0 Å². The molecule has 0 radical (unpaired) electrons. The molecule has 0 saturated carbocycles. The molecule has 2 rings (SSSR count). The Balaban J connectivity index is 2.73. The van der Waals surface area contributed by atoms with Gasteiger partial charge in [0.1, 0.15) is 0 Å². The van der Waals surface area contributed by atoms with E-state index in [0.717, 1.165) is 11.8 Å². The molecule has 2 aromatic carbocycles. The fraction of sp³-hybridized carbons (Fsp3) is 0. The SMILES string of the molecule is O=Cc1cccc(Cl)c1-c1ccccc1Cl. The summed E-state index contributed by atoms with van der Waals surface area (Å²) < 4.78 is 0. The smallest absolute Gasteiger partial charge is 0.150 e. The number of aldehydes is 1. The van der Waals surface area contributed by atoms with Crippen molar-refractivity contribution in [1.29, 1.82) is 0 Å². The number of benzene rings is 2. The molecule has 0 bridgehead atoms. The molecule has 80 valence electrons. The van der Waals surface area contributed by atoms with Crippen LogP contribution < -0.4 is 0 Å². The van der Waals surface area contributed by atoms with E-state index in [0.29, 0.717) is 21.2 Å². The third kappa shape index (κ3) is 1.97. The largest absolute Gasteiger partial charge is 0.298 e. The van der Waals surface area contributed by atoms with Gasteiger partial charge in [0.15, 0.2) is 6.29 Å². The number of hydrogen-bond donors (Lipinski definition) is 0. The highest BCUT2D eigenvalue weighted by Gasteiger charge is 2.11. The second-order valence-electron chi connectivity index (χ2n) is 3.30. The topological polar surface area (TPSA) is 17.1 Å². The van der Waals surface area contributed by atoms with Crippen molar-refractivity contribution in [3.63, 3.8) is 0 Å². The lowest BCUT2D eigenvalue weighted by molar-refractivity contribution is 0.112. The molecule has 0 aromatic heterocycles. The molecular weight excluding hydrogens is 243 g/mol. The maximum absolute atomic E-state index is 11.0. The van der Waals surface area contributed by atoms with Gasteiger partial charge in [-0.05, 0) is 12.1 Å². The predicted octanol–water partition coefficient (Wildman–Crippen LogP) is 4.47. The first-order valence-electron chi connectivity index (χ1n) is 4.72. The summed E-state index contributed by atoms with van der Waals surface area (Å²) in [5.74, 6) is 0. The Kier molecular flexibility index (Phi) is 3.28. The van der Waals surface area contributed by atoms with Crippen LogP contribution in [0.1, 0.15) is 10.4 Å². The molecule has 0 heterocycles. The van der Waals surface area contributed by atoms with Gasteiger partial charge in [0, 0.05) is 26.7 Å². The van der Waals surface area contributed by atoms with Gasteiger partial charge in [0.25, 0.3) is 0 Å². The van der Waals surface area contributed by atoms with Crippen LogP contribution in [0, 0.1) is 0 Å². The molecule has 0 N–H and O–H groups in total. The van der Waals surface area contributed by atoms with Gasteiger partial charge in [-0.3, -0.25) is 4.79 Å². The number of carbonyl (C=O) groups excluding carboxylic acids is 1. The van der Waals surface area contributed by atoms with Crippen molar-refractivity contribution in [1.82, 2.24) is 0 Å². The molecule has 1 nitrogen and oxygen atoms in total. The summed E-state index contributed by atoms with van der Waals surface area (Å²) in [6.45, 7) is 0. The fourth-order valence-corrected chi connectivity index (χ4v) is 2.10. The molecule has 2 aromatic rings. The zero-order valence-corrected chi connectivity index (χ0v) is 9.79. The molecule has 3 heteroatoms. The Morgan fingerprint density at radius 3 is 2.25 bits per heavy atom. The van der Waals surface area contributed by atoms with Crippen LogP contribution in [0.4, 0.5) is 0 Å². The molecule has 0 atom stereocenters. The van der Waals surface area contributed by atoms with E-state index in [1.54, 1.807) is 24.3 Å². The lowest BCUT2D eigenvalue weighted by Crippen LogP contribution is -1.89. The minimum atomic E-state index is 0.526. The third-order valence-electron chi connectivity index (χ3n) is 2.32. The second-order valence-corrected chi connectivity index (χ2v) is 4.12. The summed E-state index contributed by atoms with van der Waals surface area (Å²) in [5, 5.41) is 1.11. The molecule has 0 amide bonds. The van der Waals surface area contributed by atoms with Crippen molar-refractivity contribution in [3.8, 4) is 11.1 Å². The Bertz CT molecular complexity index is 535. The van der Waals surface area contributed by atoms with Gasteiger partial charge in [0.05, 0.1) is 0 Å². The highest BCUT2D eigenvalue weighted by Crippen LogP contribution is 2.34. The lowest BCUT2D eigenvalue weighted by atomic mass is 10.0. The van der Waals surface area contributed by atoms with E-state index in [2.05, 4.69) is 0 Å². The normalized spacial score (nSPS) is 10.1. The van der Waals surface area contributed by atoms with Crippen molar-refractivity contribution < 1.29 is 4.79 Å². The molecular formula is C13H8Cl2O. The van der Waals surface area contributed by atoms with Gasteiger partial charge in [-0.1, -0.05) is 53.5 Å². The standard InChI is InChI=1S/C13H8Cl2O/c14-11-6-2-1-5-10(11)13-9(8-16)4-3-7-12(13)15/h1-8H. The summed E-state index contributed by atoms with van der Waals surface area (Å²) >= 11 is 12.2. The molecule has 0 aliphatic heterocycles. The van der Waals surface area contributed by atoms with Crippen LogP contribution >= 0.6 is 23.2 Å². The van der Waals surface area contributed by atoms with Crippen LogP contribution in [0.25, 0.3) is 11.1 Å². The first-order valence-corrected chi connectivity index (χ1v) is 5.48. The summed E-state index contributed by atoms with van der Waals surface area (Å²) in [5.41, 5.74) is 2.00. The van der Waals surface area contributed by atoms with E-state index in [-0.39, 0.29) is 0 Å². The molecule has 0 aliphatic carbocycles.